The van der Waals surface area contributed by atoms with E-state index in [4.69, 9.17) is 9.63 Å². The molecule has 0 aromatic carbocycles. The summed E-state index contributed by atoms with van der Waals surface area (Å²) < 4.78 is 5.00. The van der Waals surface area contributed by atoms with Crippen molar-refractivity contribution < 1.29 is 19.2 Å². The molecule has 1 saturated heterocycles. The Morgan fingerprint density at radius 1 is 1.38 bits per heavy atom. The van der Waals surface area contributed by atoms with Crippen molar-refractivity contribution in [1.29, 1.82) is 0 Å². The van der Waals surface area contributed by atoms with Gasteiger partial charge in [0.05, 0.1) is 0 Å². The van der Waals surface area contributed by atoms with E-state index in [1.54, 1.807) is 6.92 Å². The predicted molar refractivity (Wildman–Crippen MR) is 73.6 cm³/mol. The quantitative estimate of drug-likeness (QED) is 0.855. The lowest BCUT2D eigenvalue weighted by molar-refractivity contribution is -0.140. The summed E-state index contributed by atoms with van der Waals surface area (Å²) in [6, 6.07) is 0.0479. The van der Waals surface area contributed by atoms with Crippen molar-refractivity contribution >= 4 is 11.9 Å². The SMILES string of the molecule is Cc1noc(CCC(=O)N2CCCCC2CCC(=O)O)n1. The van der Waals surface area contributed by atoms with Gasteiger partial charge in [0.25, 0.3) is 0 Å². The van der Waals surface area contributed by atoms with Crippen LogP contribution in [-0.2, 0) is 16.0 Å². The number of aryl methyl sites for hydroxylation is 2. The number of hydrogen-bond acceptors (Lipinski definition) is 5. The molecule has 21 heavy (non-hydrogen) atoms. The highest BCUT2D eigenvalue weighted by Gasteiger charge is 2.26. The molecule has 0 saturated carbocycles. The summed E-state index contributed by atoms with van der Waals surface area (Å²) in [5.74, 6) is 0.268. The molecule has 116 valence electrons. The topological polar surface area (TPSA) is 96.5 Å². The zero-order valence-corrected chi connectivity index (χ0v) is 12.2. The molecule has 1 amide bonds. The van der Waals surface area contributed by atoms with Crippen molar-refractivity contribution in [3.63, 3.8) is 0 Å². The number of aromatic nitrogens is 2. The van der Waals surface area contributed by atoms with Crippen LogP contribution in [0.25, 0.3) is 0 Å². The number of carbonyl (C=O) groups excluding carboxylic acids is 1. The van der Waals surface area contributed by atoms with Crippen molar-refractivity contribution in [3.8, 4) is 0 Å². The first-order chi connectivity index (χ1) is 10.1. The van der Waals surface area contributed by atoms with E-state index in [0.717, 1.165) is 19.3 Å². The molecule has 1 fully saturated rings. The predicted octanol–water partition coefficient (Wildman–Crippen LogP) is 1.56. The van der Waals surface area contributed by atoms with E-state index >= 15 is 0 Å². The molecule has 1 unspecified atom stereocenters. The fourth-order valence-corrected chi connectivity index (χ4v) is 2.72. The van der Waals surface area contributed by atoms with Crippen molar-refractivity contribution in [2.75, 3.05) is 6.54 Å². The van der Waals surface area contributed by atoms with Gasteiger partial charge >= 0.3 is 5.97 Å². The lowest BCUT2D eigenvalue weighted by Gasteiger charge is -2.35. The van der Waals surface area contributed by atoms with Gasteiger partial charge in [0.2, 0.25) is 11.8 Å². The van der Waals surface area contributed by atoms with Gasteiger partial charge in [-0.1, -0.05) is 5.16 Å². The summed E-state index contributed by atoms with van der Waals surface area (Å²) in [6.07, 6.45) is 4.32. The fourth-order valence-electron chi connectivity index (χ4n) is 2.72. The van der Waals surface area contributed by atoms with E-state index in [1.807, 2.05) is 4.90 Å². The Kier molecular flexibility index (Phi) is 5.30. The third kappa shape index (κ3) is 4.54. The molecular formula is C14H21N3O4. The number of hydrogen-bond donors (Lipinski definition) is 1. The lowest BCUT2D eigenvalue weighted by atomic mass is 9.97. The van der Waals surface area contributed by atoms with Gasteiger partial charge in [0.1, 0.15) is 0 Å². The Morgan fingerprint density at radius 2 is 2.19 bits per heavy atom. The second-order valence-electron chi connectivity index (χ2n) is 5.40. The summed E-state index contributed by atoms with van der Waals surface area (Å²) >= 11 is 0. The van der Waals surface area contributed by atoms with Crippen LogP contribution >= 0.6 is 0 Å². The van der Waals surface area contributed by atoms with Crippen molar-refractivity contribution in [3.05, 3.63) is 11.7 Å². The standard InChI is InChI=1S/C14H21N3O4/c1-10-15-12(21-16-10)6-7-13(18)17-9-3-2-4-11(17)5-8-14(19)20/h11H,2-9H2,1H3,(H,19,20). The number of nitrogens with zero attached hydrogens (tertiary/aromatic N) is 3. The van der Waals surface area contributed by atoms with Crippen LogP contribution in [0.2, 0.25) is 0 Å². The Bertz CT molecular complexity index is 500. The molecule has 7 nitrogen and oxygen atoms in total. The van der Waals surface area contributed by atoms with E-state index in [-0.39, 0.29) is 18.4 Å². The zero-order chi connectivity index (χ0) is 15.2. The number of likely N-dealkylation sites (tertiary alicyclic amines) is 1. The molecule has 0 bridgehead atoms. The average Bonchev–Trinajstić information content (AvgIpc) is 2.88. The van der Waals surface area contributed by atoms with Crippen LogP contribution in [0.1, 0.15) is 50.2 Å². The van der Waals surface area contributed by atoms with Crippen molar-refractivity contribution in [2.45, 2.75) is 57.9 Å². The Hall–Kier alpha value is -1.92. The summed E-state index contributed by atoms with van der Waals surface area (Å²) in [7, 11) is 0. The Labute approximate surface area is 123 Å². The first kappa shape index (κ1) is 15.5. The molecule has 2 rings (SSSR count). The minimum Gasteiger partial charge on any atom is -0.481 e. The Balaban J connectivity index is 1.87. The maximum Gasteiger partial charge on any atom is 0.303 e. The largest absolute Gasteiger partial charge is 0.481 e. The Morgan fingerprint density at radius 3 is 2.86 bits per heavy atom. The van der Waals surface area contributed by atoms with E-state index < -0.39 is 5.97 Å². The molecule has 1 atom stereocenters. The number of rotatable bonds is 6. The molecule has 1 N–H and O–H groups in total. The van der Waals surface area contributed by atoms with Crippen molar-refractivity contribution in [2.24, 2.45) is 0 Å². The van der Waals surface area contributed by atoms with Crippen LogP contribution in [0.3, 0.4) is 0 Å². The highest BCUT2D eigenvalue weighted by atomic mass is 16.5. The first-order valence-corrected chi connectivity index (χ1v) is 7.36. The van der Waals surface area contributed by atoms with E-state index in [1.165, 1.54) is 0 Å². The highest BCUT2D eigenvalue weighted by molar-refractivity contribution is 5.77. The summed E-state index contributed by atoms with van der Waals surface area (Å²) in [5.41, 5.74) is 0. The van der Waals surface area contributed by atoms with Crippen LogP contribution in [0, 0.1) is 6.92 Å². The number of aliphatic carboxylic acids is 1. The summed E-state index contributed by atoms with van der Waals surface area (Å²) in [5, 5.41) is 12.5. The maximum absolute atomic E-state index is 12.3. The maximum atomic E-state index is 12.3. The molecule has 1 aliphatic rings. The second-order valence-corrected chi connectivity index (χ2v) is 5.40. The lowest BCUT2D eigenvalue weighted by Crippen LogP contribution is -2.44. The van der Waals surface area contributed by atoms with E-state index in [2.05, 4.69) is 10.1 Å². The minimum absolute atomic E-state index is 0.0425. The third-order valence-electron chi connectivity index (χ3n) is 3.76. The highest BCUT2D eigenvalue weighted by Crippen LogP contribution is 2.22. The number of carbonyl (C=O) groups is 2. The second kappa shape index (κ2) is 7.19. The van der Waals surface area contributed by atoms with Crippen LogP contribution in [0.5, 0.6) is 0 Å². The molecule has 1 aromatic heterocycles. The van der Waals surface area contributed by atoms with Crippen molar-refractivity contribution in [1.82, 2.24) is 15.0 Å². The third-order valence-corrected chi connectivity index (χ3v) is 3.76. The van der Waals surface area contributed by atoms with Gasteiger partial charge < -0.3 is 14.5 Å². The molecule has 1 aliphatic heterocycles. The fraction of sp³-hybridized carbons (Fsp3) is 0.714. The molecule has 0 aliphatic carbocycles. The summed E-state index contributed by atoms with van der Waals surface area (Å²) in [4.78, 5) is 28.9. The number of amides is 1. The van der Waals surface area contributed by atoms with Gasteiger partial charge in [-0.15, -0.1) is 0 Å². The smallest absolute Gasteiger partial charge is 0.303 e. The molecule has 7 heteroatoms. The average molecular weight is 295 g/mol. The molecule has 1 aromatic rings. The number of carboxylic acids is 1. The van der Waals surface area contributed by atoms with Gasteiger partial charge in [-0.05, 0) is 32.6 Å². The van der Waals surface area contributed by atoms with E-state index in [9.17, 15) is 9.59 Å². The monoisotopic (exact) mass is 295 g/mol. The molecule has 0 spiro atoms. The normalized spacial score (nSPS) is 18.7. The van der Waals surface area contributed by atoms with Crippen LogP contribution in [0.4, 0.5) is 0 Å². The molecular weight excluding hydrogens is 274 g/mol. The summed E-state index contributed by atoms with van der Waals surface area (Å²) in [6.45, 7) is 2.45. The zero-order valence-electron chi connectivity index (χ0n) is 12.2. The molecule has 0 radical (unpaired) electrons. The number of piperidine rings is 1. The van der Waals surface area contributed by atoms with Crippen LogP contribution in [0.15, 0.2) is 4.52 Å². The van der Waals surface area contributed by atoms with Gasteiger partial charge in [-0.3, -0.25) is 9.59 Å². The van der Waals surface area contributed by atoms with Gasteiger partial charge in [0.15, 0.2) is 5.82 Å². The van der Waals surface area contributed by atoms with Gasteiger partial charge in [-0.25, -0.2) is 0 Å². The minimum atomic E-state index is -0.811. The van der Waals surface area contributed by atoms with Crippen LogP contribution in [-0.4, -0.2) is 44.6 Å². The number of carboxylic acid groups (broad SMARTS) is 1. The van der Waals surface area contributed by atoms with Gasteiger partial charge in [0, 0.05) is 31.8 Å². The van der Waals surface area contributed by atoms with Crippen LogP contribution < -0.4 is 0 Å². The molecule has 2 heterocycles. The van der Waals surface area contributed by atoms with Gasteiger partial charge in [-0.2, -0.15) is 4.98 Å². The van der Waals surface area contributed by atoms with E-state index in [0.29, 0.717) is 37.5 Å². The first-order valence-electron chi connectivity index (χ1n) is 7.36.